The summed E-state index contributed by atoms with van der Waals surface area (Å²) in [5.41, 5.74) is 1.28. The molecule has 2 aromatic rings. The number of aryl methyl sites for hydroxylation is 2. The lowest BCUT2D eigenvalue weighted by Gasteiger charge is -2.11. The van der Waals surface area contributed by atoms with Gasteiger partial charge in [-0.25, -0.2) is 9.18 Å². The number of aromatic nitrogens is 2. The third-order valence-corrected chi connectivity index (χ3v) is 3.18. The van der Waals surface area contributed by atoms with E-state index in [2.05, 4.69) is 5.32 Å². The molecule has 2 rings (SSSR count). The lowest BCUT2D eigenvalue weighted by atomic mass is 10.2. The maximum atomic E-state index is 13.0. The Morgan fingerprint density at radius 1 is 1.25 bits per heavy atom. The molecule has 0 aliphatic heterocycles. The molecule has 0 unspecified atom stereocenters. The second-order valence-electron chi connectivity index (χ2n) is 4.72. The van der Waals surface area contributed by atoms with Gasteiger partial charge in [-0.05, 0) is 30.7 Å². The zero-order valence-corrected chi connectivity index (χ0v) is 11.6. The molecule has 0 aliphatic rings. The predicted molar refractivity (Wildman–Crippen MR) is 75.4 cm³/mol. The number of benzene rings is 1. The molecule has 0 amide bonds. The van der Waals surface area contributed by atoms with Crippen molar-refractivity contribution in [1.82, 2.24) is 9.13 Å². The van der Waals surface area contributed by atoms with E-state index in [4.69, 9.17) is 0 Å². The molecule has 1 heterocycles. The molecule has 0 bridgehead atoms. The van der Waals surface area contributed by atoms with Crippen LogP contribution >= 0.6 is 0 Å². The molecule has 0 saturated carbocycles. The van der Waals surface area contributed by atoms with Crippen molar-refractivity contribution >= 4 is 5.69 Å². The van der Waals surface area contributed by atoms with Gasteiger partial charge in [0.15, 0.2) is 0 Å². The van der Waals surface area contributed by atoms with Crippen LogP contribution < -0.4 is 16.6 Å². The first-order valence-electron chi connectivity index (χ1n) is 6.15. The fraction of sp³-hybridized carbons (Fsp3) is 0.286. The molecule has 1 aromatic heterocycles. The van der Waals surface area contributed by atoms with Crippen molar-refractivity contribution in [1.29, 1.82) is 0 Å². The maximum absolute atomic E-state index is 13.0. The highest BCUT2D eigenvalue weighted by atomic mass is 19.1. The lowest BCUT2D eigenvalue weighted by molar-refractivity contribution is 0.627. The number of nitrogens with one attached hydrogen (secondary N) is 1. The summed E-state index contributed by atoms with van der Waals surface area (Å²) in [5, 5.41) is 3.08. The van der Waals surface area contributed by atoms with E-state index in [-0.39, 0.29) is 23.6 Å². The van der Waals surface area contributed by atoms with Gasteiger partial charge in [0, 0.05) is 32.5 Å². The minimum absolute atomic E-state index is 0.271. The van der Waals surface area contributed by atoms with Gasteiger partial charge in [0.1, 0.15) is 5.82 Å². The Balaban J connectivity index is 2.28. The maximum Gasteiger partial charge on any atom is 0.330 e. The van der Waals surface area contributed by atoms with Gasteiger partial charge >= 0.3 is 5.69 Å². The van der Waals surface area contributed by atoms with Gasteiger partial charge < -0.3 is 9.88 Å². The standard InChI is InChI=1S/C14H16FN3O2/c1-9-6-11(15)4-5-12(9)16-7-10-8-17(2)14(20)18(3)13(10)19/h4-6,8,16H,7H2,1-3H3. The molecular weight excluding hydrogens is 261 g/mol. The van der Waals surface area contributed by atoms with Crippen LogP contribution in [0, 0.1) is 12.7 Å². The first-order valence-corrected chi connectivity index (χ1v) is 6.15. The van der Waals surface area contributed by atoms with Crippen LogP contribution in [0.3, 0.4) is 0 Å². The Morgan fingerprint density at radius 2 is 1.95 bits per heavy atom. The summed E-state index contributed by atoms with van der Waals surface area (Å²) >= 11 is 0. The van der Waals surface area contributed by atoms with Crippen molar-refractivity contribution in [2.24, 2.45) is 14.1 Å². The molecule has 0 aliphatic carbocycles. The SMILES string of the molecule is Cc1cc(F)ccc1NCc1cn(C)c(=O)n(C)c1=O. The van der Waals surface area contributed by atoms with E-state index in [0.29, 0.717) is 5.56 Å². The molecule has 0 spiro atoms. The fourth-order valence-electron chi connectivity index (χ4n) is 2.02. The van der Waals surface area contributed by atoms with E-state index < -0.39 is 0 Å². The number of halogens is 1. The quantitative estimate of drug-likeness (QED) is 0.915. The third kappa shape index (κ3) is 2.64. The van der Waals surface area contributed by atoms with Crippen molar-refractivity contribution in [3.8, 4) is 0 Å². The highest BCUT2D eigenvalue weighted by Crippen LogP contribution is 2.15. The van der Waals surface area contributed by atoms with Gasteiger partial charge in [-0.3, -0.25) is 9.36 Å². The number of hydrogen-bond acceptors (Lipinski definition) is 3. The van der Waals surface area contributed by atoms with E-state index in [1.807, 2.05) is 0 Å². The topological polar surface area (TPSA) is 56.0 Å². The van der Waals surface area contributed by atoms with Gasteiger partial charge in [0.25, 0.3) is 5.56 Å². The molecule has 106 valence electrons. The van der Waals surface area contributed by atoms with Gasteiger partial charge in [0.2, 0.25) is 0 Å². The average Bonchev–Trinajstić information content (AvgIpc) is 2.40. The van der Waals surface area contributed by atoms with Crippen molar-refractivity contribution in [2.75, 3.05) is 5.32 Å². The Kier molecular flexibility index (Phi) is 3.74. The predicted octanol–water partition coefficient (Wildman–Crippen LogP) is 1.14. The number of nitrogens with zero attached hydrogens (tertiary/aromatic N) is 2. The summed E-state index contributed by atoms with van der Waals surface area (Å²) in [6, 6.07) is 4.40. The van der Waals surface area contributed by atoms with E-state index in [0.717, 1.165) is 15.8 Å². The van der Waals surface area contributed by atoms with E-state index in [1.54, 1.807) is 20.0 Å². The number of rotatable bonds is 3. The molecular formula is C14H16FN3O2. The van der Waals surface area contributed by atoms with Crippen LogP contribution in [0.2, 0.25) is 0 Å². The second-order valence-corrected chi connectivity index (χ2v) is 4.72. The lowest BCUT2D eigenvalue weighted by Crippen LogP contribution is -2.38. The summed E-state index contributed by atoms with van der Waals surface area (Å²) in [4.78, 5) is 23.5. The van der Waals surface area contributed by atoms with E-state index in [1.165, 1.54) is 29.9 Å². The van der Waals surface area contributed by atoms with Crippen LogP contribution in [0.4, 0.5) is 10.1 Å². The molecule has 5 nitrogen and oxygen atoms in total. The summed E-state index contributed by atoms with van der Waals surface area (Å²) in [6.45, 7) is 2.05. The highest BCUT2D eigenvalue weighted by molar-refractivity contribution is 5.50. The minimum Gasteiger partial charge on any atom is -0.380 e. The third-order valence-electron chi connectivity index (χ3n) is 3.18. The van der Waals surface area contributed by atoms with Gasteiger partial charge in [0.05, 0.1) is 5.56 Å². The zero-order valence-electron chi connectivity index (χ0n) is 11.6. The molecule has 6 heteroatoms. The average molecular weight is 277 g/mol. The van der Waals surface area contributed by atoms with Gasteiger partial charge in [-0.1, -0.05) is 0 Å². The monoisotopic (exact) mass is 277 g/mol. The summed E-state index contributed by atoms with van der Waals surface area (Å²) in [7, 11) is 3.03. The molecule has 0 atom stereocenters. The second kappa shape index (κ2) is 5.32. The van der Waals surface area contributed by atoms with E-state index in [9.17, 15) is 14.0 Å². The Labute approximate surface area is 115 Å². The van der Waals surface area contributed by atoms with Crippen molar-refractivity contribution in [3.05, 3.63) is 62.2 Å². The van der Waals surface area contributed by atoms with Crippen LogP contribution in [-0.2, 0) is 20.6 Å². The smallest absolute Gasteiger partial charge is 0.330 e. The molecule has 0 saturated heterocycles. The fourth-order valence-corrected chi connectivity index (χ4v) is 2.02. The first-order chi connectivity index (χ1) is 9.40. The normalized spacial score (nSPS) is 10.6. The van der Waals surface area contributed by atoms with Crippen molar-refractivity contribution in [3.63, 3.8) is 0 Å². The largest absolute Gasteiger partial charge is 0.380 e. The van der Waals surface area contributed by atoms with E-state index >= 15 is 0 Å². The van der Waals surface area contributed by atoms with Gasteiger partial charge in [-0.2, -0.15) is 0 Å². The molecule has 1 aromatic carbocycles. The number of anilines is 1. The van der Waals surface area contributed by atoms with Crippen molar-refractivity contribution in [2.45, 2.75) is 13.5 Å². The molecule has 1 N–H and O–H groups in total. The summed E-state index contributed by atoms with van der Waals surface area (Å²) in [5.74, 6) is -0.300. The van der Waals surface area contributed by atoms with Crippen LogP contribution in [0.5, 0.6) is 0 Å². The highest BCUT2D eigenvalue weighted by Gasteiger charge is 2.07. The van der Waals surface area contributed by atoms with Crippen molar-refractivity contribution < 1.29 is 4.39 Å². The van der Waals surface area contributed by atoms with Crippen LogP contribution in [0.25, 0.3) is 0 Å². The molecule has 0 radical (unpaired) electrons. The zero-order chi connectivity index (χ0) is 14.9. The summed E-state index contributed by atoms with van der Waals surface area (Å²) < 4.78 is 15.4. The Bertz CT molecular complexity index is 762. The Hall–Kier alpha value is -2.37. The molecule has 0 fully saturated rings. The summed E-state index contributed by atoms with van der Waals surface area (Å²) in [6.07, 6.45) is 1.51. The van der Waals surface area contributed by atoms with Gasteiger partial charge in [-0.15, -0.1) is 0 Å². The Morgan fingerprint density at radius 3 is 2.60 bits per heavy atom. The van der Waals surface area contributed by atoms with Crippen LogP contribution in [-0.4, -0.2) is 9.13 Å². The molecule has 20 heavy (non-hydrogen) atoms. The first kappa shape index (κ1) is 14.0. The van der Waals surface area contributed by atoms with Crippen LogP contribution in [0.1, 0.15) is 11.1 Å². The number of hydrogen-bond donors (Lipinski definition) is 1. The minimum atomic E-state index is -0.364. The van der Waals surface area contributed by atoms with Crippen LogP contribution in [0.15, 0.2) is 34.0 Å².